The molecule has 2 unspecified atom stereocenters. The van der Waals surface area contributed by atoms with Crippen LogP contribution in [0.3, 0.4) is 0 Å². The molecule has 3 rings (SSSR count). The molecule has 1 fully saturated rings. The van der Waals surface area contributed by atoms with Crippen LogP contribution in [-0.2, 0) is 9.53 Å². The summed E-state index contributed by atoms with van der Waals surface area (Å²) in [6, 6.07) is 0.539. The number of fused-ring (bicyclic) bond motifs is 2. The zero-order chi connectivity index (χ0) is 11.8. The van der Waals surface area contributed by atoms with E-state index in [1.165, 1.54) is 6.42 Å². The van der Waals surface area contributed by atoms with Crippen molar-refractivity contribution < 1.29 is 9.53 Å². The van der Waals surface area contributed by atoms with Gasteiger partial charge in [-0.15, -0.1) is 0 Å². The molecule has 3 heterocycles. The molecule has 0 aromatic rings. The first-order chi connectivity index (χ1) is 8.24. The fourth-order valence-electron chi connectivity index (χ4n) is 2.63. The van der Waals surface area contributed by atoms with Crippen LogP contribution in [0.25, 0.3) is 0 Å². The van der Waals surface area contributed by atoms with E-state index in [2.05, 4.69) is 22.1 Å². The van der Waals surface area contributed by atoms with Crippen LogP contribution in [0.2, 0.25) is 0 Å². The van der Waals surface area contributed by atoms with Crippen molar-refractivity contribution in [2.24, 2.45) is 5.73 Å². The van der Waals surface area contributed by atoms with E-state index in [0.717, 1.165) is 25.4 Å². The van der Waals surface area contributed by atoms with E-state index in [9.17, 15) is 4.79 Å². The van der Waals surface area contributed by atoms with E-state index in [0.29, 0.717) is 12.5 Å². The van der Waals surface area contributed by atoms with Crippen molar-refractivity contribution >= 4 is 5.91 Å². The Morgan fingerprint density at radius 2 is 2.35 bits per heavy atom. The Morgan fingerprint density at radius 1 is 1.47 bits per heavy atom. The van der Waals surface area contributed by atoms with Gasteiger partial charge in [-0.05, 0) is 12.8 Å². The number of allylic oxidation sites excluding steroid dienone is 1. The van der Waals surface area contributed by atoms with Gasteiger partial charge in [0.1, 0.15) is 0 Å². The summed E-state index contributed by atoms with van der Waals surface area (Å²) >= 11 is 0. The maximum Gasteiger partial charge on any atom is 0.258 e. The average Bonchev–Trinajstić information content (AvgIpc) is 2.35. The van der Waals surface area contributed by atoms with Crippen LogP contribution >= 0.6 is 0 Å². The number of nitrogens with two attached hydrogens (primary N) is 1. The number of carbonyl (C=O) groups excluding carboxylic acids is 1. The fourth-order valence-corrected chi connectivity index (χ4v) is 2.63. The zero-order valence-electron chi connectivity index (χ0n) is 9.71. The van der Waals surface area contributed by atoms with Crippen LogP contribution in [-0.4, -0.2) is 40.9 Å². The van der Waals surface area contributed by atoms with Crippen molar-refractivity contribution in [1.29, 1.82) is 0 Å². The molecule has 3 aliphatic rings. The molecule has 0 aromatic carbocycles. The lowest BCUT2D eigenvalue weighted by Crippen LogP contribution is -2.51. The van der Waals surface area contributed by atoms with E-state index >= 15 is 0 Å². The van der Waals surface area contributed by atoms with Crippen LogP contribution in [0.4, 0.5) is 0 Å². The second kappa shape index (κ2) is 3.98. The largest absolute Gasteiger partial charge is 0.465 e. The first-order valence-electron chi connectivity index (χ1n) is 6.11. The Hall–Kier alpha value is -1.65. The fraction of sp³-hybridized carbons (Fsp3) is 0.583. The van der Waals surface area contributed by atoms with Crippen molar-refractivity contribution in [2.45, 2.75) is 31.4 Å². The van der Waals surface area contributed by atoms with E-state index in [-0.39, 0.29) is 5.91 Å². The highest BCUT2D eigenvalue weighted by Crippen LogP contribution is 2.28. The van der Waals surface area contributed by atoms with Crippen molar-refractivity contribution in [3.8, 4) is 0 Å². The third-order valence-electron chi connectivity index (χ3n) is 3.61. The molecule has 0 spiro atoms. The summed E-state index contributed by atoms with van der Waals surface area (Å²) in [5.74, 6) is 0.407. The molecule has 3 aliphatic heterocycles. The molecule has 0 radical (unpaired) electrons. The van der Waals surface area contributed by atoms with Gasteiger partial charge in [0.15, 0.2) is 6.10 Å². The molecular formula is C12H17N3O2. The van der Waals surface area contributed by atoms with Gasteiger partial charge in [0.25, 0.3) is 5.91 Å². The summed E-state index contributed by atoms with van der Waals surface area (Å²) in [5.41, 5.74) is 5.28. The topological polar surface area (TPSA) is 58.8 Å². The maximum atomic E-state index is 11.1. The summed E-state index contributed by atoms with van der Waals surface area (Å²) in [4.78, 5) is 15.5. The van der Waals surface area contributed by atoms with Gasteiger partial charge < -0.3 is 20.3 Å². The minimum atomic E-state index is -0.470. The monoisotopic (exact) mass is 235 g/mol. The maximum absolute atomic E-state index is 11.1. The van der Waals surface area contributed by atoms with Gasteiger partial charge in [-0.2, -0.15) is 0 Å². The second-order valence-electron chi connectivity index (χ2n) is 4.77. The summed E-state index contributed by atoms with van der Waals surface area (Å²) in [7, 11) is 0. The SMILES string of the molecule is NC(=O)C1CCN2CC3CCC=CN3C=C2O1. The number of amides is 1. The molecule has 2 N–H and O–H groups in total. The van der Waals surface area contributed by atoms with E-state index < -0.39 is 6.10 Å². The van der Waals surface area contributed by atoms with Gasteiger partial charge in [0.05, 0.1) is 12.2 Å². The Balaban J connectivity index is 1.80. The smallest absolute Gasteiger partial charge is 0.258 e. The molecule has 5 nitrogen and oxygen atoms in total. The van der Waals surface area contributed by atoms with Crippen molar-refractivity contribution in [1.82, 2.24) is 9.80 Å². The van der Waals surface area contributed by atoms with E-state index in [1.54, 1.807) is 0 Å². The molecule has 0 saturated carbocycles. The van der Waals surface area contributed by atoms with E-state index in [1.807, 2.05) is 6.20 Å². The molecule has 1 amide bonds. The molecule has 0 aliphatic carbocycles. The third kappa shape index (κ3) is 1.85. The number of hydrogen-bond donors (Lipinski definition) is 1. The van der Waals surface area contributed by atoms with Crippen molar-refractivity contribution in [2.75, 3.05) is 13.1 Å². The Bertz CT molecular complexity index is 391. The van der Waals surface area contributed by atoms with Crippen LogP contribution < -0.4 is 5.73 Å². The van der Waals surface area contributed by atoms with E-state index in [4.69, 9.17) is 10.5 Å². The molecule has 5 heteroatoms. The van der Waals surface area contributed by atoms with Gasteiger partial charge in [-0.3, -0.25) is 4.79 Å². The third-order valence-corrected chi connectivity index (χ3v) is 3.61. The van der Waals surface area contributed by atoms with Gasteiger partial charge >= 0.3 is 0 Å². The highest BCUT2D eigenvalue weighted by atomic mass is 16.5. The number of nitrogens with zero attached hydrogens (tertiary/aromatic N) is 2. The predicted molar refractivity (Wildman–Crippen MR) is 62.3 cm³/mol. The van der Waals surface area contributed by atoms with Gasteiger partial charge in [0, 0.05) is 25.7 Å². The Labute approximate surface area is 100 Å². The first-order valence-corrected chi connectivity index (χ1v) is 6.11. The lowest BCUT2D eigenvalue weighted by molar-refractivity contribution is -0.133. The van der Waals surface area contributed by atoms with Gasteiger partial charge in [-0.1, -0.05) is 6.08 Å². The van der Waals surface area contributed by atoms with Crippen LogP contribution in [0.15, 0.2) is 24.4 Å². The minimum Gasteiger partial charge on any atom is -0.465 e. The number of ether oxygens (including phenoxy) is 1. The standard InChI is InChI=1S/C12H17N3O2/c13-12(16)10-4-6-15-7-9-3-1-2-5-14(9)8-11(15)17-10/h2,5,8-10H,1,3-4,6-7H2,(H2,13,16). The van der Waals surface area contributed by atoms with Crippen LogP contribution in [0, 0.1) is 0 Å². The van der Waals surface area contributed by atoms with Crippen molar-refractivity contribution in [3.05, 3.63) is 24.4 Å². The lowest BCUT2D eigenvalue weighted by Gasteiger charge is -2.44. The van der Waals surface area contributed by atoms with Crippen molar-refractivity contribution in [3.63, 3.8) is 0 Å². The van der Waals surface area contributed by atoms with Gasteiger partial charge in [-0.25, -0.2) is 0 Å². The normalized spacial score (nSPS) is 31.2. The Kier molecular flexibility index (Phi) is 2.46. The summed E-state index contributed by atoms with van der Waals surface area (Å²) < 4.78 is 5.64. The minimum absolute atomic E-state index is 0.373. The summed E-state index contributed by atoms with van der Waals surface area (Å²) in [6.07, 6.45) is 8.78. The molecule has 0 aromatic heterocycles. The molecule has 17 heavy (non-hydrogen) atoms. The average molecular weight is 235 g/mol. The predicted octanol–water partition coefficient (Wildman–Crippen LogP) is 0.353. The first kappa shape index (κ1) is 10.5. The van der Waals surface area contributed by atoms with Gasteiger partial charge in [0.2, 0.25) is 5.88 Å². The summed E-state index contributed by atoms with van der Waals surface area (Å²) in [5, 5.41) is 0. The second-order valence-corrected chi connectivity index (χ2v) is 4.77. The zero-order valence-corrected chi connectivity index (χ0v) is 9.71. The molecule has 0 bridgehead atoms. The number of rotatable bonds is 1. The quantitative estimate of drug-likeness (QED) is 0.712. The molecule has 2 atom stereocenters. The highest BCUT2D eigenvalue weighted by Gasteiger charge is 2.34. The Morgan fingerprint density at radius 3 is 3.18 bits per heavy atom. The molecular weight excluding hydrogens is 218 g/mol. The summed E-state index contributed by atoms with van der Waals surface area (Å²) in [6.45, 7) is 1.83. The molecule has 92 valence electrons. The number of carbonyl (C=O) groups is 1. The number of hydrogen-bond acceptors (Lipinski definition) is 4. The number of primary amides is 1. The molecule has 1 saturated heterocycles. The van der Waals surface area contributed by atoms with Crippen LogP contribution in [0.1, 0.15) is 19.3 Å². The van der Waals surface area contributed by atoms with Crippen LogP contribution in [0.5, 0.6) is 0 Å². The lowest BCUT2D eigenvalue weighted by atomic mass is 10.0. The highest BCUT2D eigenvalue weighted by molar-refractivity contribution is 5.79.